The summed E-state index contributed by atoms with van der Waals surface area (Å²) >= 11 is 0. The summed E-state index contributed by atoms with van der Waals surface area (Å²) < 4.78 is 15.7. The quantitative estimate of drug-likeness (QED) is 0.643. The van der Waals surface area contributed by atoms with Crippen molar-refractivity contribution in [2.45, 2.75) is 0 Å². The van der Waals surface area contributed by atoms with E-state index in [1.54, 1.807) is 70.0 Å². The number of anilines is 3. The smallest absolute Gasteiger partial charge is 0.255 e. The number of methoxy groups -OCH3 is 3. The van der Waals surface area contributed by atoms with Crippen LogP contribution >= 0.6 is 0 Å². The molecule has 0 saturated carbocycles. The predicted octanol–water partition coefficient (Wildman–Crippen LogP) is 4.10. The number of rotatable bonds is 7. The van der Waals surface area contributed by atoms with Crippen LogP contribution < -0.4 is 24.8 Å². The average molecular weight is 379 g/mol. The van der Waals surface area contributed by atoms with Crippen LogP contribution in [0, 0.1) is 0 Å². The first-order valence-corrected chi connectivity index (χ1v) is 8.53. The SMILES string of the molecule is COc1ccc(C(=O)Nc2ccc(Nc3ccc(OC)cc3OC)nc2)cc1. The van der Waals surface area contributed by atoms with Gasteiger partial charge < -0.3 is 24.8 Å². The Morgan fingerprint density at radius 1 is 0.857 bits per heavy atom. The van der Waals surface area contributed by atoms with Gasteiger partial charge in [-0.1, -0.05) is 0 Å². The van der Waals surface area contributed by atoms with Gasteiger partial charge in [0.2, 0.25) is 0 Å². The van der Waals surface area contributed by atoms with Gasteiger partial charge in [0.1, 0.15) is 23.1 Å². The number of carbonyl (C=O) groups is 1. The van der Waals surface area contributed by atoms with Crippen LogP contribution in [0.2, 0.25) is 0 Å². The molecule has 0 spiro atoms. The third kappa shape index (κ3) is 4.50. The summed E-state index contributed by atoms with van der Waals surface area (Å²) in [6, 6.07) is 15.9. The summed E-state index contributed by atoms with van der Waals surface area (Å²) in [5.74, 6) is 2.43. The molecule has 0 aliphatic heterocycles. The fourth-order valence-corrected chi connectivity index (χ4v) is 2.53. The molecule has 0 bridgehead atoms. The summed E-state index contributed by atoms with van der Waals surface area (Å²) in [5, 5.41) is 5.99. The summed E-state index contributed by atoms with van der Waals surface area (Å²) in [6.07, 6.45) is 1.58. The fourth-order valence-electron chi connectivity index (χ4n) is 2.53. The fraction of sp³-hybridized carbons (Fsp3) is 0.143. The molecule has 0 aliphatic carbocycles. The highest BCUT2D eigenvalue weighted by atomic mass is 16.5. The maximum atomic E-state index is 12.3. The molecule has 0 fully saturated rings. The number of pyridine rings is 1. The maximum absolute atomic E-state index is 12.3. The zero-order valence-corrected chi connectivity index (χ0v) is 15.9. The Hall–Kier alpha value is -3.74. The first kappa shape index (κ1) is 19.0. The Balaban J connectivity index is 1.67. The highest BCUT2D eigenvalue weighted by Gasteiger charge is 2.08. The van der Waals surface area contributed by atoms with Gasteiger partial charge in [0.05, 0.1) is 38.9 Å². The third-order valence-electron chi connectivity index (χ3n) is 4.04. The largest absolute Gasteiger partial charge is 0.497 e. The molecule has 28 heavy (non-hydrogen) atoms. The molecule has 0 radical (unpaired) electrons. The van der Waals surface area contributed by atoms with Crippen LogP contribution in [0.25, 0.3) is 0 Å². The molecule has 0 saturated heterocycles. The number of carbonyl (C=O) groups excluding carboxylic acids is 1. The number of nitrogens with one attached hydrogen (secondary N) is 2. The van der Waals surface area contributed by atoms with E-state index in [4.69, 9.17) is 14.2 Å². The number of hydrogen-bond donors (Lipinski definition) is 2. The van der Waals surface area contributed by atoms with Crippen LogP contribution in [0.1, 0.15) is 10.4 Å². The summed E-state index contributed by atoms with van der Waals surface area (Å²) in [5.41, 5.74) is 1.88. The molecule has 0 aliphatic rings. The molecular formula is C21H21N3O4. The number of nitrogens with zero attached hydrogens (tertiary/aromatic N) is 1. The van der Waals surface area contributed by atoms with Crippen LogP contribution in [0.15, 0.2) is 60.8 Å². The Morgan fingerprint density at radius 2 is 1.57 bits per heavy atom. The van der Waals surface area contributed by atoms with E-state index in [0.29, 0.717) is 34.3 Å². The highest BCUT2D eigenvalue weighted by molar-refractivity contribution is 6.04. The lowest BCUT2D eigenvalue weighted by Crippen LogP contribution is -2.12. The molecule has 1 heterocycles. The van der Waals surface area contributed by atoms with Crippen molar-refractivity contribution in [2.24, 2.45) is 0 Å². The monoisotopic (exact) mass is 379 g/mol. The van der Waals surface area contributed by atoms with E-state index in [9.17, 15) is 4.79 Å². The van der Waals surface area contributed by atoms with Crippen molar-refractivity contribution >= 4 is 23.1 Å². The molecule has 3 aromatic rings. The molecule has 144 valence electrons. The Labute approximate surface area is 163 Å². The van der Waals surface area contributed by atoms with Crippen molar-refractivity contribution in [1.82, 2.24) is 4.98 Å². The molecule has 1 aromatic heterocycles. The molecule has 2 aromatic carbocycles. The van der Waals surface area contributed by atoms with Gasteiger partial charge in [-0.25, -0.2) is 4.98 Å². The lowest BCUT2D eigenvalue weighted by atomic mass is 10.2. The second kappa shape index (κ2) is 8.77. The summed E-state index contributed by atoms with van der Waals surface area (Å²) in [4.78, 5) is 16.6. The van der Waals surface area contributed by atoms with Crippen LogP contribution in [0.5, 0.6) is 17.2 Å². The van der Waals surface area contributed by atoms with Crippen molar-refractivity contribution in [3.05, 3.63) is 66.4 Å². The molecule has 2 N–H and O–H groups in total. The zero-order chi connectivity index (χ0) is 19.9. The van der Waals surface area contributed by atoms with Gasteiger partial charge in [-0.15, -0.1) is 0 Å². The first-order valence-electron chi connectivity index (χ1n) is 8.53. The number of aromatic nitrogens is 1. The van der Waals surface area contributed by atoms with Gasteiger partial charge in [0.25, 0.3) is 5.91 Å². The molecular weight excluding hydrogens is 358 g/mol. The minimum Gasteiger partial charge on any atom is -0.497 e. The molecule has 3 rings (SSSR count). The number of amides is 1. The molecule has 0 atom stereocenters. The normalized spacial score (nSPS) is 10.1. The number of ether oxygens (including phenoxy) is 3. The van der Waals surface area contributed by atoms with Crippen molar-refractivity contribution in [2.75, 3.05) is 32.0 Å². The first-order chi connectivity index (χ1) is 13.6. The summed E-state index contributed by atoms with van der Waals surface area (Å²) in [7, 11) is 4.77. The van der Waals surface area contributed by atoms with Crippen LogP contribution in [-0.2, 0) is 0 Å². The van der Waals surface area contributed by atoms with E-state index in [-0.39, 0.29) is 5.91 Å². The number of benzene rings is 2. The topological polar surface area (TPSA) is 81.7 Å². The van der Waals surface area contributed by atoms with Gasteiger partial charge in [0.15, 0.2) is 0 Å². The predicted molar refractivity (Wildman–Crippen MR) is 108 cm³/mol. The van der Waals surface area contributed by atoms with E-state index in [2.05, 4.69) is 15.6 Å². The highest BCUT2D eigenvalue weighted by Crippen LogP contribution is 2.31. The number of hydrogen-bond acceptors (Lipinski definition) is 6. The Bertz CT molecular complexity index is 941. The summed E-state index contributed by atoms with van der Waals surface area (Å²) in [6.45, 7) is 0. The van der Waals surface area contributed by atoms with Crippen molar-refractivity contribution in [3.8, 4) is 17.2 Å². The lowest BCUT2D eigenvalue weighted by molar-refractivity contribution is 0.102. The van der Waals surface area contributed by atoms with Gasteiger partial charge in [0, 0.05) is 11.6 Å². The Kier molecular flexibility index (Phi) is 5.96. The second-order valence-corrected chi connectivity index (χ2v) is 5.81. The zero-order valence-electron chi connectivity index (χ0n) is 15.9. The van der Waals surface area contributed by atoms with Crippen LogP contribution in [0.3, 0.4) is 0 Å². The minimum absolute atomic E-state index is 0.220. The third-order valence-corrected chi connectivity index (χ3v) is 4.04. The Morgan fingerprint density at radius 3 is 2.18 bits per heavy atom. The molecule has 1 amide bonds. The van der Waals surface area contributed by atoms with E-state index in [1.165, 1.54) is 0 Å². The average Bonchev–Trinajstić information content (AvgIpc) is 2.75. The van der Waals surface area contributed by atoms with Crippen molar-refractivity contribution in [1.29, 1.82) is 0 Å². The van der Waals surface area contributed by atoms with Crippen LogP contribution in [-0.4, -0.2) is 32.2 Å². The molecule has 7 heteroatoms. The standard InChI is InChI=1S/C21H21N3O4/c1-26-16-7-4-14(5-8-16)21(25)23-15-6-11-20(22-13-15)24-18-10-9-17(27-2)12-19(18)28-3/h4-13H,1-3H3,(H,22,24)(H,23,25). The van der Waals surface area contributed by atoms with Gasteiger partial charge in [-0.05, 0) is 48.5 Å². The van der Waals surface area contributed by atoms with Gasteiger partial charge >= 0.3 is 0 Å². The van der Waals surface area contributed by atoms with Gasteiger partial charge in [-0.2, -0.15) is 0 Å². The molecule has 0 unspecified atom stereocenters. The van der Waals surface area contributed by atoms with Gasteiger partial charge in [-0.3, -0.25) is 4.79 Å². The van der Waals surface area contributed by atoms with E-state index in [0.717, 1.165) is 5.69 Å². The minimum atomic E-state index is -0.220. The van der Waals surface area contributed by atoms with Crippen molar-refractivity contribution < 1.29 is 19.0 Å². The van der Waals surface area contributed by atoms with Crippen molar-refractivity contribution in [3.63, 3.8) is 0 Å². The maximum Gasteiger partial charge on any atom is 0.255 e. The van der Waals surface area contributed by atoms with E-state index in [1.807, 2.05) is 12.1 Å². The second-order valence-electron chi connectivity index (χ2n) is 5.81. The van der Waals surface area contributed by atoms with Crippen LogP contribution in [0.4, 0.5) is 17.2 Å². The van der Waals surface area contributed by atoms with E-state index < -0.39 is 0 Å². The molecule has 7 nitrogen and oxygen atoms in total. The van der Waals surface area contributed by atoms with E-state index >= 15 is 0 Å². The lowest BCUT2D eigenvalue weighted by Gasteiger charge is -2.12.